The van der Waals surface area contributed by atoms with E-state index in [1.54, 1.807) is 22.6 Å². The van der Waals surface area contributed by atoms with Crippen molar-refractivity contribution in [2.45, 2.75) is 32.2 Å². The molecule has 5 nitrogen and oxygen atoms in total. The first-order chi connectivity index (χ1) is 18.5. The molecule has 38 heavy (non-hydrogen) atoms. The van der Waals surface area contributed by atoms with Crippen molar-refractivity contribution in [3.05, 3.63) is 142 Å². The fourth-order valence-electron chi connectivity index (χ4n) is 4.90. The second kappa shape index (κ2) is 10.9. The fraction of sp³-hybridized carbons (Fsp3) is 0.182. The Morgan fingerprint density at radius 1 is 0.816 bits per heavy atom. The van der Waals surface area contributed by atoms with Crippen LogP contribution < -0.4 is 5.56 Å². The summed E-state index contributed by atoms with van der Waals surface area (Å²) in [7, 11) is 1.79. The first-order valence-electron chi connectivity index (χ1n) is 13.0. The van der Waals surface area contributed by atoms with Gasteiger partial charge in [-0.3, -0.25) is 14.2 Å². The monoisotopic (exact) mass is 501 g/mol. The Bertz CT molecular complexity index is 1570. The fourth-order valence-corrected chi connectivity index (χ4v) is 4.90. The Kier molecular flexibility index (Phi) is 7.18. The van der Waals surface area contributed by atoms with E-state index in [1.165, 1.54) is 5.56 Å². The molecular weight excluding hydrogens is 470 g/mol. The van der Waals surface area contributed by atoms with Gasteiger partial charge in [-0.25, -0.2) is 4.98 Å². The predicted octanol–water partition coefficient (Wildman–Crippen LogP) is 6.30. The topological polar surface area (TPSA) is 55.2 Å². The van der Waals surface area contributed by atoms with Gasteiger partial charge in [0.25, 0.3) is 5.56 Å². The van der Waals surface area contributed by atoms with Crippen LogP contribution in [-0.4, -0.2) is 27.4 Å². The number of benzene rings is 4. The zero-order valence-electron chi connectivity index (χ0n) is 21.9. The normalized spacial score (nSPS) is 12.0. The van der Waals surface area contributed by atoms with Gasteiger partial charge < -0.3 is 4.90 Å². The van der Waals surface area contributed by atoms with E-state index in [0.717, 1.165) is 23.2 Å². The van der Waals surface area contributed by atoms with Crippen molar-refractivity contribution in [3.8, 4) is 5.69 Å². The van der Waals surface area contributed by atoms with E-state index in [1.807, 2.05) is 110 Å². The van der Waals surface area contributed by atoms with Crippen LogP contribution in [-0.2, 0) is 11.2 Å². The number of aryl methyl sites for hydroxylation is 1. The molecule has 0 radical (unpaired) electrons. The van der Waals surface area contributed by atoms with Gasteiger partial charge in [0.05, 0.1) is 28.6 Å². The second-order valence-electron chi connectivity index (χ2n) is 9.53. The quantitative estimate of drug-likeness (QED) is 0.263. The minimum Gasteiger partial charge on any atom is -0.335 e. The molecule has 5 heteroatoms. The lowest BCUT2D eigenvalue weighted by Gasteiger charge is -2.30. The van der Waals surface area contributed by atoms with E-state index in [9.17, 15) is 9.59 Å². The summed E-state index contributed by atoms with van der Waals surface area (Å²) in [5.41, 5.74) is 4.22. The number of amides is 1. The van der Waals surface area contributed by atoms with Gasteiger partial charge in [-0.05, 0) is 54.3 Å². The number of hydrogen-bond acceptors (Lipinski definition) is 3. The molecule has 1 atom stereocenters. The zero-order valence-corrected chi connectivity index (χ0v) is 21.9. The van der Waals surface area contributed by atoms with Gasteiger partial charge in [-0.1, -0.05) is 91.9 Å². The average molecular weight is 502 g/mol. The van der Waals surface area contributed by atoms with Crippen LogP contribution in [0.1, 0.15) is 48.3 Å². The summed E-state index contributed by atoms with van der Waals surface area (Å²) in [6.07, 6.45) is 0.909. The third-order valence-corrected chi connectivity index (χ3v) is 7.22. The first-order valence-corrected chi connectivity index (χ1v) is 13.0. The van der Waals surface area contributed by atoms with Gasteiger partial charge in [0.2, 0.25) is 5.91 Å². The Morgan fingerprint density at radius 3 is 1.95 bits per heavy atom. The summed E-state index contributed by atoms with van der Waals surface area (Å²) in [5, 5.41) is 0.545. The molecule has 5 aromatic rings. The maximum atomic E-state index is 14.1. The van der Waals surface area contributed by atoms with Gasteiger partial charge in [-0.2, -0.15) is 0 Å². The van der Waals surface area contributed by atoms with Crippen LogP contribution in [0.25, 0.3) is 16.6 Å². The van der Waals surface area contributed by atoms with Crippen molar-refractivity contribution in [2.75, 3.05) is 7.05 Å². The Hall–Kier alpha value is -4.51. The van der Waals surface area contributed by atoms with E-state index in [4.69, 9.17) is 4.98 Å². The molecule has 1 unspecified atom stereocenters. The molecule has 0 N–H and O–H groups in total. The lowest BCUT2D eigenvalue weighted by atomic mass is 9.89. The number of para-hydroxylation sites is 1. The van der Waals surface area contributed by atoms with Gasteiger partial charge in [0.15, 0.2) is 0 Å². The maximum absolute atomic E-state index is 14.1. The highest BCUT2D eigenvalue weighted by molar-refractivity contribution is 5.87. The van der Waals surface area contributed by atoms with Crippen LogP contribution >= 0.6 is 0 Å². The highest BCUT2D eigenvalue weighted by atomic mass is 16.2. The van der Waals surface area contributed by atoms with Crippen LogP contribution in [0.4, 0.5) is 0 Å². The summed E-state index contributed by atoms with van der Waals surface area (Å²) in [4.78, 5) is 34.6. The molecule has 0 fully saturated rings. The molecule has 0 spiro atoms. The average Bonchev–Trinajstić information content (AvgIpc) is 2.97. The summed E-state index contributed by atoms with van der Waals surface area (Å²) in [6.45, 7) is 4.03. The maximum Gasteiger partial charge on any atom is 0.266 e. The van der Waals surface area contributed by atoms with Gasteiger partial charge in [0, 0.05) is 7.05 Å². The van der Waals surface area contributed by atoms with Crippen molar-refractivity contribution >= 4 is 16.8 Å². The number of nitrogens with zero attached hydrogens (tertiary/aromatic N) is 3. The minimum absolute atomic E-state index is 0.0646. The van der Waals surface area contributed by atoms with Crippen molar-refractivity contribution < 1.29 is 4.79 Å². The highest BCUT2D eigenvalue weighted by Gasteiger charge is 2.31. The van der Waals surface area contributed by atoms with Crippen LogP contribution in [0.15, 0.2) is 114 Å². The standard InChI is InChI=1S/C33H31N3O2/c1-4-24-19-21-27(22-20-24)36-31(34-29-18-12-11-17-28(29)32(36)37)23(2)35(3)33(38)30(25-13-7-5-8-14-25)26-15-9-6-10-16-26/h5-23,30H,4H2,1-3H3. The number of carbonyl (C=O) groups excluding carboxylic acids is 1. The molecule has 0 aliphatic rings. The van der Waals surface area contributed by atoms with Crippen molar-refractivity contribution in [1.29, 1.82) is 0 Å². The molecule has 190 valence electrons. The van der Waals surface area contributed by atoms with Gasteiger partial charge in [-0.15, -0.1) is 0 Å². The van der Waals surface area contributed by atoms with E-state index in [2.05, 4.69) is 6.92 Å². The highest BCUT2D eigenvalue weighted by Crippen LogP contribution is 2.30. The predicted molar refractivity (Wildman–Crippen MR) is 153 cm³/mol. The van der Waals surface area contributed by atoms with E-state index in [-0.39, 0.29) is 11.5 Å². The number of rotatable bonds is 7. The Labute approximate surface area is 223 Å². The second-order valence-corrected chi connectivity index (χ2v) is 9.53. The first kappa shape index (κ1) is 25.2. The van der Waals surface area contributed by atoms with Crippen LogP contribution in [0.2, 0.25) is 0 Å². The number of carbonyl (C=O) groups is 1. The zero-order chi connectivity index (χ0) is 26.6. The minimum atomic E-state index is -0.477. The Morgan fingerprint density at radius 2 is 1.37 bits per heavy atom. The number of likely N-dealkylation sites (N-methyl/N-ethyl adjacent to an activating group) is 1. The van der Waals surface area contributed by atoms with E-state index < -0.39 is 12.0 Å². The van der Waals surface area contributed by atoms with E-state index >= 15 is 0 Å². The van der Waals surface area contributed by atoms with Crippen LogP contribution in [0.5, 0.6) is 0 Å². The molecule has 1 aromatic heterocycles. The molecule has 4 aromatic carbocycles. The van der Waals surface area contributed by atoms with Crippen LogP contribution in [0.3, 0.4) is 0 Å². The molecule has 0 aliphatic carbocycles. The summed E-state index contributed by atoms with van der Waals surface area (Å²) < 4.78 is 1.65. The Balaban J connectivity index is 1.62. The smallest absolute Gasteiger partial charge is 0.266 e. The third kappa shape index (κ3) is 4.75. The number of hydrogen-bond donors (Lipinski definition) is 0. The van der Waals surface area contributed by atoms with Gasteiger partial charge in [0.1, 0.15) is 5.82 Å². The number of fused-ring (bicyclic) bond motifs is 1. The van der Waals surface area contributed by atoms with Crippen LogP contribution in [0, 0.1) is 0 Å². The van der Waals surface area contributed by atoms with Crippen molar-refractivity contribution in [3.63, 3.8) is 0 Å². The summed E-state index contributed by atoms with van der Waals surface area (Å²) in [5.74, 6) is -0.0202. The molecule has 5 rings (SSSR count). The summed E-state index contributed by atoms with van der Waals surface area (Å²) >= 11 is 0. The largest absolute Gasteiger partial charge is 0.335 e. The molecular formula is C33H31N3O2. The lowest BCUT2D eigenvalue weighted by molar-refractivity contribution is -0.132. The molecule has 1 heterocycles. The van der Waals surface area contributed by atoms with Crippen molar-refractivity contribution in [1.82, 2.24) is 14.5 Å². The SMILES string of the molecule is CCc1ccc(-n2c(C(C)N(C)C(=O)C(c3ccccc3)c3ccccc3)nc3ccccc3c2=O)cc1. The summed E-state index contributed by atoms with van der Waals surface area (Å²) in [6, 6.07) is 34.5. The molecule has 0 aliphatic heterocycles. The molecule has 0 saturated heterocycles. The van der Waals surface area contributed by atoms with E-state index in [0.29, 0.717) is 16.7 Å². The lowest BCUT2D eigenvalue weighted by Crippen LogP contribution is -2.37. The molecule has 0 saturated carbocycles. The third-order valence-electron chi connectivity index (χ3n) is 7.22. The van der Waals surface area contributed by atoms with Crippen molar-refractivity contribution in [2.24, 2.45) is 0 Å². The molecule has 0 bridgehead atoms. The molecule has 1 amide bonds. The number of aromatic nitrogens is 2. The van der Waals surface area contributed by atoms with Gasteiger partial charge >= 0.3 is 0 Å².